The number of hydrogen-bond acceptors (Lipinski definition) is 1. The van der Waals surface area contributed by atoms with Crippen molar-refractivity contribution in [2.75, 3.05) is 0 Å². The number of aliphatic hydroxyl groups excluding tert-OH is 1. The molecule has 1 unspecified atom stereocenters. The van der Waals surface area contributed by atoms with Crippen molar-refractivity contribution in [3.05, 3.63) is 71.5 Å². The summed E-state index contributed by atoms with van der Waals surface area (Å²) >= 11 is 0. The van der Waals surface area contributed by atoms with Crippen molar-refractivity contribution in [3.63, 3.8) is 0 Å². The molecule has 0 aliphatic carbocycles. The Balaban J connectivity index is 2.03. The van der Waals surface area contributed by atoms with Gasteiger partial charge in [0.25, 0.3) is 0 Å². The molecule has 1 N–H and O–H groups in total. The predicted molar refractivity (Wildman–Crippen MR) is 80.2 cm³/mol. The van der Waals surface area contributed by atoms with E-state index in [-0.39, 0.29) is 11.2 Å². The van der Waals surface area contributed by atoms with E-state index >= 15 is 0 Å². The van der Waals surface area contributed by atoms with Crippen molar-refractivity contribution in [3.8, 4) is 0 Å². The number of benzene rings is 2. The first-order chi connectivity index (χ1) is 9.50. The third-order valence-corrected chi connectivity index (χ3v) is 3.97. The molecule has 0 aliphatic heterocycles. The van der Waals surface area contributed by atoms with Crippen molar-refractivity contribution < 1.29 is 9.50 Å². The molecule has 0 aromatic heterocycles. The lowest BCUT2D eigenvalue weighted by Gasteiger charge is -2.31. The first kappa shape index (κ1) is 14.7. The van der Waals surface area contributed by atoms with Crippen molar-refractivity contribution >= 4 is 0 Å². The molecule has 0 spiro atoms. The Bertz CT molecular complexity index is 531. The van der Waals surface area contributed by atoms with Crippen LogP contribution in [-0.2, 0) is 11.8 Å². The fourth-order valence-corrected chi connectivity index (χ4v) is 2.38. The second-order valence-corrected chi connectivity index (χ2v) is 5.77. The summed E-state index contributed by atoms with van der Waals surface area (Å²) in [6, 6.07) is 16.5. The minimum atomic E-state index is -0.465. The van der Waals surface area contributed by atoms with Gasteiger partial charge in [0.2, 0.25) is 0 Å². The van der Waals surface area contributed by atoms with E-state index in [9.17, 15) is 9.50 Å². The molecule has 2 heteroatoms. The average Bonchev–Trinajstić information content (AvgIpc) is 2.46. The monoisotopic (exact) mass is 272 g/mol. The van der Waals surface area contributed by atoms with E-state index in [2.05, 4.69) is 12.1 Å². The zero-order valence-electron chi connectivity index (χ0n) is 12.0. The molecule has 2 aromatic rings. The molecular formula is C18H21FO. The van der Waals surface area contributed by atoms with Gasteiger partial charge in [0, 0.05) is 5.41 Å². The lowest BCUT2D eigenvalue weighted by Crippen LogP contribution is -2.34. The van der Waals surface area contributed by atoms with Crippen molar-refractivity contribution in [2.24, 2.45) is 0 Å². The molecular weight excluding hydrogens is 251 g/mol. The van der Waals surface area contributed by atoms with Gasteiger partial charge >= 0.3 is 0 Å². The van der Waals surface area contributed by atoms with Gasteiger partial charge in [-0.3, -0.25) is 0 Å². The van der Waals surface area contributed by atoms with E-state index in [1.54, 1.807) is 12.1 Å². The van der Waals surface area contributed by atoms with Crippen LogP contribution in [0.5, 0.6) is 0 Å². The largest absolute Gasteiger partial charge is 0.392 e. The second kappa shape index (κ2) is 6.19. The SMILES string of the molecule is CC(C)(c1ccc(F)cc1)C(O)CCc1ccccc1. The molecule has 2 aromatic carbocycles. The van der Waals surface area contributed by atoms with Gasteiger partial charge in [-0.2, -0.15) is 0 Å². The molecule has 2 rings (SSSR count). The van der Waals surface area contributed by atoms with E-state index in [4.69, 9.17) is 0 Å². The van der Waals surface area contributed by atoms with Crippen LogP contribution < -0.4 is 0 Å². The fourth-order valence-electron chi connectivity index (χ4n) is 2.38. The van der Waals surface area contributed by atoms with E-state index < -0.39 is 6.10 Å². The highest BCUT2D eigenvalue weighted by Crippen LogP contribution is 2.29. The quantitative estimate of drug-likeness (QED) is 0.869. The summed E-state index contributed by atoms with van der Waals surface area (Å²) in [5.41, 5.74) is 1.79. The molecule has 0 amide bonds. The summed E-state index contributed by atoms with van der Waals surface area (Å²) in [6.07, 6.45) is 1.06. The van der Waals surface area contributed by atoms with Gasteiger partial charge in [0.1, 0.15) is 5.82 Å². The zero-order chi connectivity index (χ0) is 14.6. The average molecular weight is 272 g/mol. The van der Waals surface area contributed by atoms with Crippen LogP contribution in [0.1, 0.15) is 31.4 Å². The van der Waals surface area contributed by atoms with Gasteiger partial charge in [-0.1, -0.05) is 56.3 Å². The van der Waals surface area contributed by atoms with Crippen LogP contribution in [0, 0.1) is 5.82 Å². The first-order valence-electron chi connectivity index (χ1n) is 6.98. The second-order valence-electron chi connectivity index (χ2n) is 5.77. The van der Waals surface area contributed by atoms with Crippen LogP contribution in [0.25, 0.3) is 0 Å². The van der Waals surface area contributed by atoms with Crippen molar-refractivity contribution in [1.29, 1.82) is 0 Å². The van der Waals surface area contributed by atoms with Crippen molar-refractivity contribution in [1.82, 2.24) is 0 Å². The Hall–Kier alpha value is -1.67. The highest BCUT2D eigenvalue weighted by atomic mass is 19.1. The van der Waals surface area contributed by atoms with E-state index in [0.29, 0.717) is 6.42 Å². The first-order valence-corrected chi connectivity index (χ1v) is 6.98. The highest BCUT2D eigenvalue weighted by Gasteiger charge is 2.29. The van der Waals surface area contributed by atoms with Gasteiger partial charge in [-0.25, -0.2) is 4.39 Å². The van der Waals surface area contributed by atoms with Crippen LogP contribution in [-0.4, -0.2) is 11.2 Å². The van der Waals surface area contributed by atoms with Crippen LogP contribution in [0.2, 0.25) is 0 Å². The molecule has 0 radical (unpaired) electrons. The topological polar surface area (TPSA) is 20.2 Å². The minimum Gasteiger partial charge on any atom is -0.392 e. The molecule has 0 fully saturated rings. The fraction of sp³-hybridized carbons (Fsp3) is 0.333. The number of aryl methyl sites for hydroxylation is 1. The lowest BCUT2D eigenvalue weighted by molar-refractivity contribution is 0.0915. The normalized spacial score (nSPS) is 13.2. The standard InChI is InChI=1S/C18H21FO/c1-18(2,15-9-11-16(19)12-10-15)17(20)13-8-14-6-4-3-5-7-14/h3-7,9-12,17,20H,8,13H2,1-2H3. The maximum Gasteiger partial charge on any atom is 0.123 e. The van der Waals surface area contributed by atoms with Gasteiger partial charge in [0.05, 0.1) is 6.10 Å². The number of rotatable bonds is 5. The number of hydrogen-bond donors (Lipinski definition) is 1. The van der Waals surface area contributed by atoms with Gasteiger partial charge in [0.15, 0.2) is 0 Å². The van der Waals surface area contributed by atoms with Crippen LogP contribution >= 0.6 is 0 Å². The Kier molecular flexibility index (Phi) is 4.56. The Morgan fingerprint density at radius 3 is 2.20 bits per heavy atom. The third kappa shape index (κ3) is 3.45. The van der Waals surface area contributed by atoms with Crippen molar-refractivity contribution in [2.45, 2.75) is 38.2 Å². The molecule has 106 valence electrons. The van der Waals surface area contributed by atoms with Crippen LogP contribution in [0.4, 0.5) is 4.39 Å². The molecule has 20 heavy (non-hydrogen) atoms. The molecule has 0 saturated heterocycles. The van der Waals surface area contributed by atoms with Gasteiger partial charge in [-0.05, 0) is 36.1 Å². The summed E-state index contributed by atoms with van der Waals surface area (Å²) in [5, 5.41) is 10.5. The summed E-state index contributed by atoms with van der Waals surface area (Å²) < 4.78 is 13.0. The smallest absolute Gasteiger partial charge is 0.123 e. The maximum atomic E-state index is 13.0. The summed E-state index contributed by atoms with van der Waals surface area (Å²) in [5.74, 6) is -0.247. The zero-order valence-corrected chi connectivity index (χ0v) is 12.0. The Morgan fingerprint density at radius 1 is 1.00 bits per heavy atom. The lowest BCUT2D eigenvalue weighted by atomic mass is 9.77. The summed E-state index contributed by atoms with van der Waals surface area (Å²) in [4.78, 5) is 0. The Labute approximate surface area is 120 Å². The minimum absolute atomic E-state index is 0.247. The molecule has 0 saturated carbocycles. The number of halogens is 1. The Morgan fingerprint density at radius 2 is 1.60 bits per heavy atom. The third-order valence-electron chi connectivity index (χ3n) is 3.97. The maximum absolute atomic E-state index is 13.0. The summed E-state index contributed by atoms with van der Waals surface area (Å²) in [7, 11) is 0. The van der Waals surface area contributed by atoms with Gasteiger partial charge in [-0.15, -0.1) is 0 Å². The predicted octanol–water partition coefficient (Wildman–Crippen LogP) is 4.10. The van der Waals surface area contributed by atoms with E-state index in [1.807, 2.05) is 32.0 Å². The molecule has 0 heterocycles. The highest BCUT2D eigenvalue weighted by molar-refractivity contribution is 5.26. The van der Waals surface area contributed by atoms with E-state index in [1.165, 1.54) is 17.7 Å². The van der Waals surface area contributed by atoms with Crippen LogP contribution in [0.3, 0.4) is 0 Å². The molecule has 0 aliphatic rings. The summed E-state index contributed by atoms with van der Waals surface area (Å²) in [6.45, 7) is 3.99. The van der Waals surface area contributed by atoms with Crippen LogP contribution in [0.15, 0.2) is 54.6 Å². The molecule has 1 atom stereocenters. The molecule has 0 bridgehead atoms. The number of aliphatic hydroxyl groups is 1. The van der Waals surface area contributed by atoms with Gasteiger partial charge < -0.3 is 5.11 Å². The van der Waals surface area contributed by atoms with E-state index in [0.717, 1.165) is 12.0 Å². The molecule has 1 nitrogen and oxygen atoms in total.